The average molecular weight is 309 g/mol. The van der Waals surface area contributed by atoms with E-state index in [-0.39, 0.29) is 12.3 Å². The van der Waals surface area contributed by atoms with E-state index in [1.165, 1.54) is 6.08 Å². The Bertz CT molecular complexity index is 769. The first kappa shape index (κ1) is 16.1. The van der Waals surface area contributed by atoms with Crippen molar-refractivity contribution in [3.63, 3.8) is 0 Å². The molecule has 0 spiro atoms. The molecule has 0 aliphatic heterocycles. The molecule has 0 aliphatic carbocycles. The number of furan rings is 1. The molecular formula is C17H15N3O3. The summed E-state index contributed by atoms with van der Waals surface area (Å²) >= 11 is 0. The number of hydrogen-bond acceptors (Lipinski definition) is 4. The van der Waals surface area contributed by atoms with E-state index < -0.39 is 5.97 Å². The molecule has 116 valence electrons. The first-order valence-corrected chi connectivity index (χ1v) is 6.98. The van der Waals surface area contributed by atoms with E-state index in [0.29, 0.717) is 5.76 Å². The van der Waals surface area contributed by atoms with E-state index in [0.717, 1.165) is 11.1 Å². The summed E-state index contributed by atoms with van der Waals surface area (Å²) in [5.41, 5.74) is 10.3. The number of azide groups is 1. The van der Waals surface area contributed by atoms with Crippen molar-refractivity contribution in [1.82, 2.24) is 0 Å². The molecule has 1 heterocycles. The quantitative estimate of drug-likeness (QED) is 0.255. The van der Waals surface area contributed by atoms with Crippen molar-refractivity contribution < 1.29 is 13.9 Å². The molecule has 0 bridgehead atoms. The smallest absolute Gasteiger partial charge is 0.340 e. The summed E-state index contributed by atoms with van der Waals surface area (Å²) in [7, 11) is 0. The van der Waals surface area contributed by atoms with Gasteiger partial charge in [-0.15, -0.1) is 0 Å². The maximum atomic E-state index is 11.6. The van der Waals surface area contributed by atoms with Crippen molar-refractivity contribution >= 4 is 24.2 Å². The summed E-state index contributed by atoms with van der Waals surface area (Å²) in [6, 6.07) is 11.6. The zero-order valence-electron chi connectivity index (χ0n) is 12.5. The standard InChI is InChI=1S/C17H15N3O3/c1-2-22-17(21)16(19-20-18)11-15-10-14(12-23-15)9-8-13-6-4-3-5-7-13/h3-12H,2H2,1H3/b9-8+,16-11?. The van der Waals surface area contributed by atoms with Crippen molar-refractivity contribution in [2.24, 2.45) is 5.11 Å². The number of rotatable bonds is 6. The van der Waals surface area contributed by atoms with E-state index in [9.17, 15) is 4.79 Å². The fraction of sp³-hybridized carbons (Fsp3) is 0.118. The number of hydrogen-bond donors (Lipinski definition) is 0. The Labute approximate surface area is 133 Å². The molecule has 0 amide bonds. The molecule has 23 heavy (non-hydrogen) atoms. The normalized spacial score (nSPS) is 11.3. The third-order valence-corrected chi connectivity index (χ3v) is 2.82. The lowest BCUT2D eigenvalue weighted by molar-refractivity contribution is -0.138. The molecule has 1 aromatic carbocycles. The monoisotopic (exact) mass is 309 g/mol. The predicted molar refractivity (Wildman–Crippen MR) is 87.8 cm³/mol. The fourth-order valence-electron chi connectivity index (χ4n) is 1.80. The maximum Gasteiger partial charge on any atom is 0.340 e. The zero-order chi connectivity index (χ0) is 16.5. The van der Waals surface area contributed by atoms with Crippen LogP contribution in [0.5, 0.6) is 0 Å². The lowest BCUT2D eigenvalue weighted by atomic mass is 10.2. The summed E-state index contributed by atoms with van der Waals surface area (Å²) in [5.74, 6) is -0.295. The minimum atomic E-state index is -0.692. The Hall–Kier alpha value is -3.24. The second-order valence-corrected chi connectivity index (χ2v) is 4.47. The van der Waals surface area contributed by atoms with Crippen molar-refractivity contribution in [3.8, 4) is 0 Å². The van der Waals surface area contributed by atoms with Gasteiger partial charge in [-0.3, -0.25) is 0 Å². The molecule has 0 aliphatic rings. The van der Waals surface area contributed by atoms with Crippen LogP contribution < -0.4 is 0 Å². The summed E-state index contributed by atoms with van der Waals surface area (Å²) in [4.78, 5) is 14.3. The second kappa shape index (κ2) is 8.26. The molecule has 2 aromatic rings. The minimum Gasteiger partial charge on any atom is -0.464 e. The number of esters is 1. The molecule has 1 aromatic heterocycles. The van der Waals surface area contributed by atoms with E-state index >= 15 is 0 Å². The number of benzene rings is 1. The third-order valence-electron chi connectivity index (χ3n) is 2.82. The average Bonchev–Trinajstić information content (AvgIpc) is 3.01. The van der Waals surface area contributed by atoms with Crippen molar-refractivity contribution in [3.05, 3.63) is 75.7 Å². The second-order valence-electron chi connectivity index (χ2n) is 4.47. The van der Waals surface area contributed by atoms with Gasteiger partial charge in [0.15, 0.2) is 0 Å². The van der Waals surface area contributed by atoms with Gasteiger partial charge in [0.2, 0.25) is 0 Å². The highest BCUT2D eigenvalue weighted by Gasteiger charge is 2.09. The molecule has 0 saturated heterocycles. The third kappa shape index (κ3) is 4.91. The van der Waals surface area contributed by atoms with Gasteiger partial charge < -0.3 is 9.15 Å². The lowest BCUT2D eigenvalue weighted by Crippen LogP contribution is -2.05. The molecule has 6 nitrogen and oxygen atoms in total. The van der Waals surface area contributed by atoms with Crippen LogP contribution in [-0.2, 0) is 9.53 Å². The van der Waals surface area contributed by atoms with Gasteiger partial charge in [0.05, 0.1) is 12.9 Å². The first-order valence-electron chi connectivity index (χ1n) is 6.98. The van der Waals surface area contributed by atoms with Crippen LogP contribution in [0, 0.1) is 0 Å². The van der Waals surface area contributed by atoms with Gasteiger partial charge in [-0.05, 0) is 30.2 Å². The van der Waals surface area contributed by atoms with Crippen molar-refractivity contribution in [2.45, 2.75) is 6.92 Å². The molecule has 0 N–H and O–H groups in total. The number of nitrogens with zero attached hydrogens (tertiary/aromatic N) is 3. The van der Waals surface area contributed by atoms with Gasteiger partial charge >= 0.3 is 5.97 Å². The van der Waals surface area contributed by atoms with E-state index in [1.807, 2.05) is 42.5 Å². The molecule has 6 heteroatoms. The van der Waals surface area contributed by atoms with E-state index in [4.69, 9.17) is 14.7 Å². The molecule has 2 rings (SSSR count). The number of ether oxygens (including phenoxy) is 1. The lowest BCUT2D eigenvalue weighted by Gasteiger charge is -1.99. The number of carbonyl (C=O) groups excluding carboxylic acids is 1. The first-order chi connectivity index (χ1) is 11.2. The Morgan fingerprint density at radius 1 is 1.30 bits per heavy atom. The Morgan fingerprint density at radius 2 is 2.04 bits per heavy atom. The Morgan fingerprint density at radius 3 is 2.74 bits per heavy atom. The highest BCUT2D eigenvalue weighted by atomic mass is 16.5. The summed E-state index contributed by atoms with van der Waals surface area (Å²) in [6.45, 7) is 1.87. The summed E-state index contributed by atoms with van der Waals surface area (Å²) in [6.07, 6.45) is 6.72. The van der Waals surface area contributed by atoms with Crippen LogP contribution in [0.25, 0.3) is 28.7 Å². The molecule has 0 atom stereocenters. The molecule has 0 saturated carbocycles. The van der Waals surface area contributed by atoms with Crippen LogP contribution in [0.4, 0.5) is 0 Å². The van der Waals surface area contributed by atoms with Crippen LogP contribution in [0.3, 0.4) is 0 Å². The highest BCUT2D eigenvalue weighted by molar-refractivity contribution is 5.93. The van der Waals surface area contributed by atoms with Crippen LogP contribution in [0.2, 0.25) is 0 Å². The molecule has 0 unspecified atom stereocenters. The van der Waals surface area contributed by atoms with Gasteiger partial charge in [0.25, 0.3) is 0 Å². The SMILES string of the molecule is CCOC(=O)C(=Cc1cc(/C=C/c2ccccc2)co1)N=[N+]=[N-]. The largest absolute Gasteiger partial charge is 0.464 e. The van der Waals surface area contributed by atoms with Crippen molar-refractivity contribution in [1.29, 1.82) is 0 Å². The van der Waals surface area contributed by atoms with Crippen LogP contribution in [0.1, 0.15) is 23.8 Å². The predicted octanol–water partition coefficient (Wildman–Crippen LogP) is 4.66. The molecule has 0 fully saturated rings. The molecule has 0 radical (unpaired) electrons. The Kier molecular flexibility index (Phi) is 5.80. The van der Waals surface area contributed by atoms with E-state index in [2.05, 4.69) is 10.0 Å². The summed E-state index contributed by atoms with van der Waals surface area (Å²) < 4.78 is 10.2. The Balaban J connectivity index is 2.17. The molecular weight excluding hydrogens is 294 g/mol. The number of carbonyl (C=O) groups is 1. The van der Waals surface area contributed by atoms with Gasteiger partial charge in [0, 0.05) is 10.5 Å². The highest BCUT2D eigenvalue weighted by Crippen LogP contribution is 2.16. The van der Waals surface area contributed by atoms with E-state index in [1.54, 1.807) is 19.3 Å². The fourth-order valence-corrected chi connectivity index (χ4v) is 1.80. The van der Waals surface area contributed by atoms with Crippen molar-refractivity contribution in [2.75, 3.05) is 6.61 Å². The topological polar surface area (TPSA) is 88.2 Å². The zero-order valence-corrected chi connectivity index (χ0v) is 12.5. The maximum absolute atomic E-state index is 11.6. The van der Waals surface area contributed by atoms with Crippen LogP contribution >= 0.6 is 0 Å². The van der Waals surface area contributed by atoms with Gasteiger partial charge in [-0.1, -0.05) is 47.6 Å². The van der Waals surface area contributed by atoms with Crippen LogP contribution in [-0.4, -0.2) is 12.6 Å². The summed E-state index contributed by atoms with van der Waals surface area (Å²) in [5, 5.41) is 3.33. The van der Waals surface area contributed by atoms with Gasteiger partial charge in [-0.2, -0.15) is 0 Å². The van der Waals surface area contributed by atoms with Crippen LogP contribution in [0.15, 0.2) is 57.9 Å². The van der Waals surface area contributed by atoms with Gasteiger partial charge in [-0.25, -0.2) is 4.79 Å². The van der Waals surface area contributed by atoms with Gasteiger partial charge in [0.1, 0.15) is 11.5 Å². The minimum absolute atomic E-state index is 0.151.